The van der Waals surface area contributed by atoms with E-state index in [1.54, 1.807) is 30.6 Å². The third-order valence-electron chi connectivity index (χ3n) is 5.78. The Kier molecular flexibility index (Phi) is 4.22. The van der Waals surface area contributed by atoms with Gasteiger partial charge in [0.05, 0.1) is 30.0 Å². The topological polar surface area (TPSA) is 90.6 Å². The quantitative estimate of drug-likeness (QED) is 0.416. The van der Waals surface area contributed by atoms with Crippen LogP contribution in [0.1, 0.15) is 5.56 Å². The highest BCUT2D eigenvalue weighted by Crippen LogP contribution is 2.30. The summed E-state index contributed by atoms with van der Waals surface area (Å²) in [6.45, 7) is 0.326. The molecule has 0 unspecified atom stereocenters. The number of hydrogen-bond acceptors (Lipinski definition) is 5. The number of rotatable bonds is 4. The summed E-state index contributed by atoms with van der Waals surface area (Å²) in [5.74, 6) is 0.0351. The van der Waals surface area contributed by atoms with Crippen LogP contribution in [0.2, 0.25) is 0 Å². The molecule has 0 fully saturated rings. The number of fused-ring (bicyclic) bond motifs is 4. The van der Waals surface area contributed by atoms with Crippen LogP contribution in [0.4, 0.5) is 4.39 Å². The van der Waals surface area contributed by atoms with Gasteiger partial charge in [0.2, 0.25) is 11.8 Å². The lowest BCUT2D eigenvalue weighted by Gasteiger charge is -2.07. The first-order valence-electron chi connectivity index (χ1n) is 10.3. The number of aromatic amines is 1. The van der Waals surface area contributed by atoms with E-state index in [1.807, 2.05) is 35.9 Å². The zero-order valence-electron chi connectivity index (χ0n) is 17.5. The van der Waals surface area contributed by atoms with Crippen molar-refractivity contribution in [2.24, 2.45) is 7.05 Å². The van der Waals surface area contributed by atoms with Gasteiger partial charge in [0, 0.05) is 35.3 Å². The largest absolute Gasteiger partial charge is 0.439 e. The molecule has 8 nitrogen and oxygen atoms in total. The second kappa shape index (κ2) is 7.27. The minimum atomic E-state index is -0.615. The highest BCUT2D eigenvalue weighted by atomic mass is 19.1. The summed E-state index contributed by atoms with van der Waals surface area (Å²) >= 11 is 0. The van der Waals surface area contributed by atoms with Crippen LogP contribution in [0.25, 0.3) is 32.7 Å². The van der Waals surface area contributed by atoms with Gasteiger partial charge in [-0.3, -0.25) is 9.89 Å². The lowest BCUT2D eigenvalue weighted by atomic mass is 10.1. The Morgan fingerprint density at radius 2 is 1.91 bits per heavy atom. The zero-order valence-corrected chi connectivity index (χ0v) is 17.5. The maximum Gasteiger partial charge on any atom is 0.291 e. The third-order valence-corrected chi connectivity index (χ3v) is 5.78. The Balaban J connectivity index is 1.44. The first-order valence-corrected chi connectivity index (χ1v) is 10.3. The highest BCUT2D eigenvalue weighted by molar-refractivity contribution is 6.07. The molecule has 0 aliphatic heterocycles. The number of aryl methyl sites for hydroxylation is 1. The lowest BCUT2D eigenvalue weighted by molar-refractivity contribution is 0.446. The van der Waals surface area contributed by atoms with Gasteiger partial charge in [0.25, 0.3) is 5.56 Å². The number of pyridine rings is 1. The molecule has 9 heteroatoms. The van der Waals surface area contributed by atoms with E-state index in [9.17, 15) is 9.18 Å². The van der Waals surface area contributed by atoms with E-state index >= 15 is 0 Å². The van der Waals surface area contributed by atoms with E-state index < -0.39 is 5.95 Å². The molecule has 0 amide bonds. The van der Waals surface area contributed by atoms with Gasteiger partial charge in [-0.15, -0.1) is 0 Å². The third kappa shape index (κ3) is 3.13. The highest BCUT2D eigenvalue weighted by Gasteiger charge is 2.16. The van der Waals surface area contributed by atoms with Crippen molar-refractivity contribution < 1.29 is 9.13 Å². The predicted molar refractivity (Wildman–Crippen MR) is 122 cm³/mol. The lowest BCUT2D eigenvalue weighted by Crippen LogP contribution is -2.24. The second-order valence-corrected chi connectivity index (χ2v) is 7.76. The van der Waals surface area contributed by atoms with E-state index in [2.05, 4.69) is 20.3 Å². The summed E-state index contributed by atoms with van der Waals surface area (Å²) in [6.07, 6.45) is 3.46. The van der Waals surface area contributed by atoms with Gasteiger partial charge in [-0.1, -0.05) is 18.2 Å². The molecular formula is C24H17FN6O2. The molecule has 0 saturated carbocycles. The fourth-order valence-electron chi connectivity index (χ4n) is 4.21. The molecule has 2 aromatic carbocycles. The number of benzene rings is 2. The molecule has 0 spiro atoms. The molecule has 162 valence electrons. The second-order valence-electron chi connectivity index (χ2n) is 7.76. The van der Waals surface area contributed by atoms with Crippen molar-refractivity contribution >= 4 is 32.7 Å². The predicted octanol–water partition coefficient (Wildman–Crippen LogP) is 4.14. The molecule has 6 rings (SSSR count). The van der Waals surface area contributed by atoms with Gasteiger partial charge < -0.3 is 9.30 Å². The van der Waals surface area contributed by atoms with Crippen molar-refractivity contribution in [3.05, 3.63) is 88.9 Å². The Hall–Kier alpha value is -4.53. The number of H-pyrrole nitrogens is 1. The van der Waals surface area contributed by atoms with Gasteiger partial charge in [-0.25, -0.2) is 4.68 Å². The van der Waals surface area contributed by atoms with Crippen molar-refractivity contribution in [1.82, 2.24) is 29.5 Å². The first kappa shape index (κ1) is 19.2. The summed E-state index contributed by atoms with van der Waals surface area (Å²) in [6, 6.07) is 15.6. The fraction of sp³-hybridized carbons (Fsp3) is 0.0833. The van der Waals surface area contributed by atoms with E-state index in [4.69, 9.17) is 4.74 Å². The molecule has 6 aromatic rings. The fourth-order valence-corrected chi connectivity index (χ4v) is 4.21. The molecule has 0 aliphatic carbocycles. The van der Waals surface area contributed by atoms with Gasteiger partial charge in [0.15, 0.2) is 0 Å². The van der Waals surface area contributed by atoms with Gasteiger partial charge in [0.1, 0.15) is 11.3 Å². The van der Waals surface area contributed by atoms with Crippen LogP contribution in [0.15, 0.2) is 71.8 Å². The SMILES string of the molecule is Cn1c2cc(Oc3cccc(F)n3)ccc2c2cnn(Cc3cccc4[nH]ncc34)c(=O)c21. The maximum atomic E-state index is 13.4. The monoisotopic (exact) mass is 440 g/mol. The van der Waals surface area contributed by atoms with Gasteiger partial charge in [-0.2, -0.15) is 19.6 Å². The number of nitrogens with zero attached hydrogens (tertiary/aromatic N) is 5. The average Bonchev–Trinajstić information content (AvgIpc) is 3.40. The molecular weight excluding hydrogens is 423 g/mol. The Morgan fingerprint density at radius 1 is 1.03 bits per heavy atom. The van der Waals surface area contributed by atoms with Crippen LogP contribution >= 0.6 is 0 Å². The first-order chi connectivity index (χ1) is 16.1. The van der Waals surface area contributed by atoms with Crippen LogP contribution in [-0.2, 0) is 13.6 Å². The Morgan fingerprint density at radius 3 is 2.79 bits per heavy atom. The molecule has 0 aliphatic rings. The summed E-state index contributed by atoms with van der Waals surface area (Å²) < 4.78 is 22.4. The van der Waals surface area contributed by atoms with Crippen LogP contribution < -0.4 is 10.3 Å². The summed E-state index contributed by atoms with van der Waals surface area (Å²) in [4.78, 5) is 17.1. The number of ether oxygens (including phenoxy) is 1. The molecule has 4 aromatic heterocycles. The van der Waals surface area contributed by atoms with Gasteiger partial charge in [-0.05, 0) is 29.8 Å². The molecule has 0 radical (unpaired) electrons. The summed E-state index contributed by atoms with van der Waals surface area (Å²) in [5.41, 5.74) is 3.01. The number of aromatic nitrogens is 6. The molecule has 4 heterocycles. The van der Waals surface area contributed by atoms with Crippen molar-refractivity contribution in [3.8, 4) is 11.6 Å². The van der Waals surface area contributed by atoms with E-state index in [-0.39, 0.29) is 11.4 Å². The number of nitrogens with one attached hydrogen (secondary N) is 1. The molecule has 33 heavy (non-hydrogen) atoms. The number of halogens is 1. The minimum Gasteiger partial charge on any atom is -0.439 e. The zero-order chi connectivity index (χ0) is 22.5. The van der Waals surface area contributed by atoms with E-state index in [0.717, 1.165) is 32.8 Å². The van der Waals surface area contributed by atoms with Crippen molar-refractivity contribution in [2.45, 2.75) is 6.54 Å². The summed E-state index contributed by atoms with van der Waals surface area (Å²) in [7, 11) is 1.83. The molecule has 0 atom stereocenters. The van der Waals surface area contributed by atoms with Crippen LogP contribution in [0, 0.1) is 5.95 Å². The minimum absolute atomic E-state index is 0.158. The average molecular weight is 440 g/mol. The number of hydrogen-bond donors (Lipinski definition) is 1. The summed E-state index contributed by atoms with van der Waals surface area (Å²) in [5, 5.41) is 14.1. The standard InChI is InChI=1S/C24H17FN6O2/c1-30-20-10-15(33-22-7-3-6-21(25)28-22)8-9-16(20)18-12-27-31(24(32)23(18)30)13-14-4-2-5-19-17(14)11-26-29-19/h2-12H,13H2,1H3,(H,26,29). The Labute approximate surface area is 185 Å². The Bertz CT molecular complexity index is 1730. The molecule has 1 N–H and O–H groups in total. The van der Waals surface area contributed by atoms with Crippen LogP contribution in [0.3, 0.4) is 0 Å². The van der Waals surface area contributed by atoms with Crippen molar-refractivity contribution in [1.29, 1.82) is 0 Å². The maximum absolute atomic E-state index is 13.4. The van der Waals surface area contributed by atoms with Crippen molar-refractivity contribution in [3.63, 3.8) is 0 Å². The van der Waals surface area contributed by atoms with E-state index in [0.29, 0.717) is 17.8 Å². The van der Waals surface area contributed by atoms with Crippen LogP contribution in [-0.4, -0.2) is 29.5 Å². The smallest absolute Gasteiger partial charge is 0.291 e. The molecule has 0 saturated heterocycles. The normalized spacial score (nSPS) is 11.6. The van der Waals surface area contributed by atoms with Gasteiger partial charge >= 0.3 is 0 Å². The van der Waals surface area contributed by atoms with Crippen LogP contribution in [0.5, 0.6) is 11.6 Å². The van der Waals surface area contributed by atoms with E-state index in [1.165, 1.54) is 16.8 Å². The van der Waals surface area contributed by atoms with Crippen molar-refractivity contribution in [2.75, 3.05) is 0 Å². The molecule has 0 bridgehead atoms.